The van der Waals surface area contributed by atoms with Crippen LogP contribution in [0.2, 0.25) is 0 Å². The van der Waals surface area contributed by atoms with Crippen LogP contribution < -0.4 is 0 Å². The maximum absolute atomic E-state index is 12.9. The molecule has 3 rings (SSSR count). The lowest BCUT2D eigenvalue weighted by Crippen LogP contribution is -2.41. The van der Waals surface area contributed by atoms with Crippen molar-refractivity contribution in [3.63, 3.8) is 0 Å². The highest BCUT2D eigenvalue weighted by Gasteiger charge is 2.32. The molecule has 0 saturated carbocycles. The first-order valence-electron chi connectivity index (χ1n) is 9.86. The molecule has 146 valence electrons. The van der Waals surface area contributed by atoms with Gasteiger partial charge in [0.25, 0.3) is 5.91 Å². The van der Waals surface area contributed by atoms with Crippen molar-refractivity contribution in [1.29, 1.82) is 5.26 Å². The Labute approximate surface area is 161 Å². The lowest BCUT2D eigenvalue weighted by Gasteiger charge is -2.33. The molecule has 2 saturated heterocycles. The number of ether oxygens (including phenoxy) is 2. The molecule has 3 heterocycles. The van der Waals surface area contributed by atoms with E-state index < -0.39 is 0 Å². The summed E-state index contributed by atoms with van der Waals surface area (Å²) in [5.74, 6) is 0.156. The third-order valence-electron chi connectivity index (χ3n) is 5.57. The summed E-state index contributed by atoms with van der Waals surface area (Å²) in [5, 5.41) is 9.57. The van der Waals surface area contributed by atoms with E-state index in [0.29, 0.717) is 32.2 Å². The molecule has 0 spiro atoms. The summed E-state index contributed by atoms with van der Waals surface area (Å²) < 4.78 is 13.4. The van der Waals surface area contributed by atoms with Gasteiger partial charge in [0.05, 0.1) is 13.2 Å². The average Bonchev–Trinajstić information content (AvgIpc) is 3.30. The molecule has 1 aromatic rings. The predicted octanol–water partition coefficient (Wildman–Crippen LogP) is 3.03. The van der Waals surface area contributed by atoms with Gasteiger partial charge in [-0.2, -0.15) is 5.26 Å². The Morgan fingerprint density at radius 3 is 2.56 bits per heavy atom. The first-order valence-corrected chi connectivity index (χ1v) is 9.86. The number of nitriles is 1. The molecule has 0 bridgehead atoms. The molecule has 1 aromatic heterocycles. The molecule has 27 heavy (non-hydrogen) atoms. The van der Waals surface area contributed by atoms with Crippen LogP contribution >= 0.6 is 0 Å². The smallest absolute Gasteiger partial charge is 0.264 e. The highest BCUT2D eigenvalue weighted by molar-refractivity contribution is 6.01. The number of aromatic nitrogens is 1. The van der Waals surface area contributed by atoms with Crippen LogP contribution in [0.1, 0.15) is 43.1 Å². The second-order valence-electron chi connectivity index (χ2n) is 7.39. The summed E-state index contributed by atoms with van der Waals surface area (Å²) in [6, 6.07) is 4.17. The van der Waals surface area contributed by atoms with E-state index in [1.807, 2.05) is 6.92 Å². The number of carbonyl (C=O) groups excluding carboxylic acids is 1. The van der Waals surface area contributed by atoms with Crippen LogP contribution in [-0.2, 0) is 20.8 Å². The van der Waals surface area contributed by atoms with E-state index in [0.717, 1.165) is 42.8 Å². The van der Waals surface area contributed by atoms with Crippen LogP contribution in [0.4, 0.5) is 0 Å². The number of hydrogen-bond acceptors (Lipinski definition) is 4. The molecule has 2 aliphatic rings. The summed E-state index contributed by atoms with van der Waals surface area (Å²) in [4.78, 5) is 14.6. The summed E-state index contributed by atoms with van der Waals surface area (Å²) >= 11 is 0. The fourth-order valence-corrected chi connectivity index (χ4v) is 4.03. The van der Waals surface area contributed by atoms with Crippen molar-refractivity contribution in [3.8, 4) is 6.07 Å². The molecule has 0 aliphatic carbocycles. The highest BCUT2D eigenvalue weighted by atomic mass is 16.7. The van der Waals surface area contributed by atoms with Crippen LogP contribution in [0, 0.1) is 31.1 Å². The molecule has 0 unspecified atom stereocenters. The van der Waals surface area contributed by atoms with E-state index in [4.69, 9.17) is 9.47 Å². The minimum Gasteiger partial charge on any atom is -0.350 e. The predicted molar refractivity (Wildman–Crippen MR) is 103 cm³/mol. The molecule has 0 atom stereocenters. The van der Waals surface area contributed by atoms with E-state index in [1.54, 1.807) is 11.0 Å². The van der Waals surface area contributed by atoms with E-state index in [1.165, 1.54) is 0 Å². The van der Waals surface area contributed by atoms with Gasteiger partial charge in [0.1, 0.15) is 11.6 Å². The van der Waals surface area contributed by atoms with Gasteiger partial charge in [-0.05, 0) is 50.8 Å². The van der Waals surface area contributed by atoms with Gasteiger partial charge in [0.2, 0.25) is 0 Å². The third-order valence-corrected chi connectivity index (χ3v) is 5.57. The number of nitrogens with zero attached hydrogens (tertiary/aromatic N) is 3. The Balaban J connectivity index is 1.69. The Kier molecular flexibility index (Phi) is 6.35. The van der Waals surface area contributed by atoms with Gasteiger partial charge < -0.3 is 18.9 Å². The van der Waals surface area contributed by atoms with Crippen molar-refractivity contribution in [2.75, 3.05) is 26.3 Å². The molecule has 6 nitrogen and oxygen atoms in total. The Bertz CT molecular complexity index is 745. The van der Waals surface area contributed by atoms with E-state index in [2.05, 4.69) is 30.6 Å². The number of piperidine rings is 1. The SMILES string of the molecule is CCCn1c(C)cc(/C=C(/C#N)C(=O)N2CCC(C3OCCO3)CC2)c1C. The van der Waals surface area contributed by atoms with E-state index >= 15 is 0 Å². The van der Waals surface area contributed by atoms with Crippen LogP contribution in [-0.4, -0.2) is 48.0 Å². The summed E-state index contributed by atoms with van der Waals surface area (Å²) in [5.41, 5.74) is 3.42. The van der Waals surface area contributed by atoms with E-state index in [9.17, 15) is 10.1 Å². The number of rotatable bonds is 5. The normalized spacial score (nSPS) is 19.5. The van der Waals surface area contributed by atoms with Crippen molar-refractivity contribution in [2.45, 2.75) is 52.9 Å². The van der Waals surface area contributed by atoms with Crippen LogP contribution in [0.3, 0.4) is 0 Å². The monoisotopic (exact) mass is 371 g/mol. The van der Waals surface area contributed by atoms with Crippen molar-refractivity contribution in [3.05, 3.63) is 28.6 Å². The van der Waals surface area contributed by atoms with Gasteiger partial charge >= 0.3 is 0 Å². The van der Waals surface area contributed by atoms with E-state index in [-0.39, 0.29) is 17.8 Å². The highest BCUT2D eigenvalue weighted by Crippen LogP contribution is 2.27. The van der Waals surface area contributed by atoms with Crippen molar-refractivity contribution >= 4 is 12.0 Å². The van der Waals surface area contributed by atoms with Crippen molar-refractivity contribution in [1.82, 2.24) is 9.47 Å². The lowest BCUT2D eigenvalue weighted by molar-refractivity contribution is -0.132. The number of carbonyl (C=O) groups is 1. The second kappa shape index (κ2) is 8.73. The summed E-state index contributed by atoms with van der Waals surface area (Å²) in [7, 11) is 0. The molecule has 0 radical (unpaired) electrons. The van der Waals surface area contributed by atoms with Gasteiger partial charge in [0.15, 0.2) is 6.29 Å². The Morgan fingerprint density at radius 1 is 1.30 bits per heavy atom. The first kappa shape index (κ1) is 19.7. The fraction of sp³-hybridized carbons (Fsp3) is 0.619. The van der Waals surface area contributed by atoms with Crippen molar-refractivity contribution < 1.29 is 14.3 Å². The Hall–Kier alpha value is -2.10. The summed E-state index contributed by atoms with van der Waals surface area (Å²) in [6.45, 7) is 9.78. The maximum Gasteiger partial charge on any atom is 0.264 e. The number of aryl methyl sites for hydroxylation is 1. The lowest BCUT2D eigenvalue weighted by atomic mass is 9.95. The van der Waals surface area contributed by atoms with Gasteiger partial charge in [-0.25, -0.2) is 0 Å². The fourth-order valence-electron chi connectivity index (χ4n) is 4.03. The van der Waals surface area contributed by atoms with Crippen LogP contribution in [0.15, 0.2) is 11.6 Å². The van der Waals surface area contributed by atoms with Crippen molar-refractivity contribution in [2.24, 2.45) is 5.92 Å². The largest absolute Gasteiger partial charge is 0.350 e. The second-order valence-corrected chi connectivity index (χ2v) is 7.39. The standard InChI is InChI=1S/C21H29N3O3/c1-4-7-24-15(2)12-18(16(24)3)13-19(14-22)20(25)23-8-5-17(6-9-23)21-26-10-11-27-21/h12-13,17,21H,4-11H2,1-3H3/b19-13-. The van der Waals surface area contributed by atoms with Crippen LogP contribution in [0.25, 0.3) is 6.08 Å². The number of likely N-dealkylation sites (tertiary alicyclic amines) is 1. The Morgan fingerprint density at radius 2 is 1.96 bits per heavy atom. The average molecular weight is 371 g/mol. The van der Waals surface area contributed by atoms with Gasteiger partial charge in [-0.1, -0.05) is 6.92 Å². The molecule has 0 aromatic carbocycles. The molecular formula is C21H29N3O3. The quantitative estimate of drug-likeness (QED) is 0.589. The topological polar surface area (TPSA) is 67.5 Å². The summed E-state index contributed by atoms with van der Waals surface area (Å²) in [6.07, 6.45) is 4.36. The molecule has 0 N–H and O–H groups in total. The number of amides is 1. The zero-order valence-electron chi connectivity index (χ0n) is 16.5. The minimum absolute atomic E-state index is 0.128. The third kappa shape index (κ3) is 4.26. The number of hydrogen-bond donors (Lipinski definition) is 0. The van der Waals surface area contributed by atoms with Gasteiger partial charge in [0, 0.05) is 36.9 Å². The minimum atomic E-state index is -0.176. The van der Waals surface area contributed by atoms with Crippen LogP contribution in [0.5, 0.6) is 0 Å². The van der Waals surface area contributed by atoms with Gasteiger partial charge in [-0.3, -0.25) is 4.79 Å². The zero-order chi connectivity index (χ0) is 19.4. The first-order chi connectivity index (χ1) is 13.0. The van der Waals surface area contributed by atoms with Gasteiger partial charge in [-0.15, -0.1) is 0 Å². The molecular weight excluding hydrogens is 342 g/mol. The molecule has 2 aliphatic heterocycles. The molecule has 2 fully saturated rings. The molecule has 6 heteroatoms. The zero-order valence-corrected chi connectivity index (χ0v) is 16.5. The molecule has 1 amide bonds. The maximum atomic E-state index is 12.9.